The largest absolute Gasteiger partial charge is 0.462 e. The molecule has 5 nitrogen and oxygen atoms in total. The molecule has 1 heterocycles. The molecule has 0 bridgehead atoms. The highest BCUT2D eigenvalue weighted by molar-refractivity contribution is 8.00. The number of amides is 1. The number of nitrogens with zero attached hydrogens (tertiary/aromatic N) is 1. The summed E-state index contributed by atoms with van der Waals surface area (Å²) in [6.45, 7) is 2.06. The van der Waals surface area contributed by atoms with Gasteiger partial charge in [0.05, 0.1) is 28.1 Å². The summed E-state index contributed by atoms with van der Waals surface area (Å²) < 4.78 is 18.6. The highest BCUT2D eigenvalue weighted by Crippen LogP contribution is 2.27. The van der Waals surface area contributed by atoms with Crippen LogP contribution >= 0.6 is 23.1 Å². The number of nitrogens with one attached hydrogen (secondary N) is 1. The van der Waals surface area contributed by atoms with Crippen LogP contribution in [0.1, 0.15) is 17.3 Å². The minimum Gasteiger partial charge on any atom is -0.462 e. The molecule has 0 aliphatic carbocycles. The number of fused-ring (bicyclic) bond motifs is 1. The molecule has 134 valence electrons. The van der Waals surface area contributed by atoms with E-state index in [0.717, 1.165) is 9.60 Å². The summed E-state index contributed by atoms with van der Waals surface area (Å²) in [7, 11) is 0. The minimum absolute atomic E-state index is 0.190. The number of hydrogen-bond donors (Lipinski definition) is 1. The van der Waals surface area contributed by atoms with Gasteiger partial charge in [-0.05, 0) is 49.4 Å². The Morgan fingerprint density at radius 1 is 1.23 bits per heavy atom. The van der Waals surface area contributed by atoms with Crippen molar-refractivity contribution in [1.82, 2.24) is 4.98 Å². The van der Waals surface area contributed by atoms with Crippen molar-refractivity contribution >= 4 is 50.3 Å². The fourth-order valence-electron chi connectivity index (χ4n) is 2.15. The van der Waals surface area contributed by atoms with Crippen LogP contribution in [0.3, 0.4) is 0 Å². The molecule has 0 unspecified atom stereocenters. The summed E-state index contributed by atoms with van der Waals surface area (Å²) >= 11 is 2.60. The lowest BCUT2D eigenvalue weighted by atomic mass is 10.2. The number of aromatic nitrogens is 1. The van der Waals surface area contributed by atoms with Crippen LogP contribution in [0, 0.1) is 5.82 Å². The third kappa shape index (κ3) is 4.59. The summed E-state index contributed by atoms with van der Waals surface area (Å²) in [4.78, 5) is 29.0. The lowest BCUT2D eigenvalue weighted by molar-refractivity contribution is -0.113. The summed E-state index contributed by atoms with van der Waals surface area (Å²) in [5.74, 6) is -0.709. The van der Waals surface area contributed by atoms with Gasteiger partial charge in [0.2, 0.25) is 5.91 Å². The lowest BCUT2D eigenvalue weighted by Crippen LogP contribution is -2.13. The number of esters is 1. The van der Waals surface area contributed by atoms with E-state index in [1.165, 1.54) is 35.2 Å². The molecule has 3 rings (SSSR count). The first-order valence-electron chi connectivity index (χ1n) is 7.81. The minimum atomic E-state index is -0.385. The number of carbonyl (C=O) groups excluding carboxylic acids is 2. The molecule has 0 radical (unpaired) electrons. The van der Waals surface area contributed by atoms with Crippen molar-refractivity contribution in [2.75, 3.05) is 17.7 Å². The number of benzene rings is 2. The second-order valence-electron chi connectivity index (χ2n) is 5.21. The topological polar surface area (TPSA) is 68.3 Å². The van der Waals surface area contributed by atoms with E-state index >= 15 is 0 Å². The van der Waals surface area contributed by atoms with Crippen molar-refractivity contribution in [1.29, 1.82) is 0 Å². The molecule has 0 aliphatic heterocycles. The fourth-order valence-corrected chi connectivity index (χ4v) is 3.77. The van der Waals surface area contributed by atoms with E-state index in [-0.39, 0.29) is 23.4 Å². The Morgan fingerprint density at radius 2 is 2.00 bits per heavy atom. The third-order valence-corrected chi connectivity index (χ3v) is 5.28. The van der Waals surface area contributed by atoms with Gasteiger partial charge in [-0.1, -0.05) is 11.3 Å². The monoisotopic (exact) mass is 390 g/mol. The second-order valence-corrected chi connectivity index (χ2v) is 7.29. The summed E-state index contributed by atoms with van der Waals surface area (Å²) in [6, 6.07) is 11.0. The smallest absolute Gasteiger partial charge is 0.338 e. The molecule has 26 heavy (non-hydrogen) atoms. The first kappa shape index (κ1) is 18.3. The molecule has 0 fully saturated rings. The van der Waals surface area contributed by atoms with E-state index in [4.69, 9.17) is 4.74 Å². The van der Waals surface area contributed by atoms with Gasteiger partial charge in [0, 0.05) is 4.90 Å². The molecular weight excluding hydrogens is 375 g/mol. The molecular formula is C18H15FN2O3S2. The van der Waals surface area contributed by atoms with E-state index in [2.05, 4.69) is 10.3 Å². The van der Waals surface area contributed by atoms with Crippen LogP contribution in [-0.4, -0.2) is 29.2 Å². The molecule has 2 aromatic carbocycles. The Bertz CT molecular complexity index is 941. The van der Waals surface area contributed by atoms with Gasteiger partial charge in [-0.25, -0.2) is 14.2 Å². The predicted octanol–water partition coefficient (Wildman–Crippen LogP) is 4.34. The Kier molecular flexibility index (Phi) is 5.85. The molecule has 0 aliphatic rings. The number of ether oxygens (including phenoxy) is 1. The predicted molar refractivity (Wildman–Crippen MR) is 101 cm³/mol. The van der Waals surface area contributed by atoms with Crippen molar-refractivity contribution in [3.05, 3.63) is 53.8 Å². The molecule has 0 spiro atoms. The first-order valence-corrected chi connectivity index (χ1v) is 9.61. The normalized spacial score (nSPS) is 10.7. The second kappa shape index (κ2) is 8.29. The Balaban J connectivity index is 1.63. The molecule has 8 heteroatoms. The average Bonchev–Trinajstić information content (AvgIpc) is 3.02. The summed E-state index contributed by atoms with van der Waals surface area (Å²) in [5.41, 5.74) is 1.15. The SMILES string of the molecule is CCOC(=O)c1ccc2nc(NC(=O)CSc3ccc(F)cc3)sc2c1. The van der Waals surface area contributed by atoms with E-state index in [9.17, 15) is 14.0 Å². The number of thiazole rings is 1. The van der Waals surface area contributed by atoms with Crippen LogP contribution in [0.15, 0.2) is 47.4 Å². The molecule has 0 saturated heterocycles. The van der Waals surface area contributed by atoms with Gasteiger partial charge >= 0.3 is 5.97 Å². The number of thioether (sulfide) groups is 1. The highest BCUT2D eigenvalue weighted by Gasteiger charge is 2.12. The summed E-state index contributed by atoms with van der Waals surface area (Å²) in [6.07, 6.45) is 0. The molecule has 0 saturated carbocycles. The lowest BCUT2D eigenvalue weighted by Gasteiger charge is -2.02. The average molecular weight is 390 g/mol. The van der Waals surface area contributed by atoms with Gasteiger partial charge < -0.3 is 10.1 Å². The third-order valence-electron chi connectivity index (χ3n) is 3.33. The maximum absolute atomic E-state index is 12.9. The molecule has 3 aromatic rings. The van der Waals surface area contributed by atoms with E-state index in [1.807, 2.05) is 0 Å². The van der Waals surface area contributed by atoms with E-state index in [0.29, 0.717) is 22.8 Å². The van der Waals surface area contributed by atoms with Gasteiger partial charge in [-0.15, -0.1) is 11.8 Å². The van der Waals surface area contributed by atoms with Crippen LogP contribution < -0.4 is 5.32 Å². The fraction of sp³-hybridized carbons (Fsp3) is 0.167. The number of halogens is 1. The Morgan fingerprint density at radius 3 is 2.73 bits per heavy atom. The highest BCUT2D eigenvalue weighted by atomic mass is 32.2. The van der Waals surface area contributed by atoms with Gasteiger partial charge in [-0.2, -0.15) is 0 Å². The number of carbonyl (C=O) groups is 2. The Labute approximate surface area is 157 Å². The van der Waals surface area contributed by atoms with Crippen molar-refractivity contribution in [3.8, 4) is 0 Å². The number of rotatable bonds is 6. The van der Waals surface area contributed by atoms with E-state index in [1.54, 1.807) is 37.3 Å². The van der Waals surface area contributed by atoms with Crippen LogP contribution in [0.4, 0.5) is 9.52 Å². The summed E-state index contributed by atoms with van der Waals surface area (Å²) in [5, 5.41) is 3.21. The van der Waals surface area contributed by atoms with Crippen molar-refractivity contribution < 1.29 is 18.7 Å². The maximum atomic E-state index is 12.9. The zero-order chi connectivity index (χ0) is 18.5. The molecule has 1 aromatic heterocycles. The zero-order valence-corrected chi connectivity index (χ0v) is 15.5. The van der Waals surface area contributed by atoms with Gasteiger partial charge in [-0.3, -0.25) is 4.79 Å². The van der Waals surface area contributed by atoms with Crippen molar-refractivity contribution in [2.45, 2.75) is 11.8 Å². The van der Waals surface area contributed by atoms with Gasteiger partial charge in [0.25, 0.3) is 0 Å². The van der Waals surface area contributed by atoms with Crippen LogP contribution in [0.5, 0.6) is 0 Å². The molecule has 0 atom stereocenters. The van der Waals surface area contributed by atoms with Crippen LogP contribution in [0.25, 0.3) is 10.2 Å². The van der Waals surface area contributed by atoms with Crippen molar-refractivity contribution in [2.24, 2.45) is 0 Å². The quantitative estimate of drug-likeness (QED) is 0.501. The van der Waals surface area contributed by atoms with Crippen molar-refractivity contribution in [3.63, 3.8) is 0 Å². The first-order chi connectivity index (χ1) is 12.5. The van der Waals surface area contributed by atoms with Gasteiger partial charge in [0.15, 0.2) is 5.13 Å². The number of hydrogen-bond acceptors (Lipinski definition) is 6. The number of anilines is 1. The van der Waals surface area contributed by atoms with Crippen LogP contribution in [-0.2, 0) is 9.53 Å². The zero-order valence-electron chi connectivity index (χ0n) is 13.8. The standard InChI is InChI=1S/C18H15FN2O3S2/c1-2-24-17(23)11-3-8-14-15(9-11)26-18(20-14)21-16(22)10-25-13-6-4-12(19)5-7-13/h3-9H,2,10H2,1H3,(H,20,21,22). The Hall–Kier alpha value is -2.45. The maximum Gasteiger partial charge on any atom is 0.338 e. The van der Waals surface area contributed by atoms with Crippen LogP contribution in [0.2, 0.25) is 0 Å². The van der Waals surface area contributed by atoms with E-state index < -0.39 is 0 Å². The van der Waals surface area contributed by atoms with Gasteiger partial charge in [0.1, 0.15) is 5.82 Å². The molecule has 1 N–H and O–H groups in total. The molecule has 1 amide bonds.